The normalized spacial score (nSPS) is 8.17. The van der Waals surface area contributed by atoms with Crippen molar-refractivity contribution in [1.82, 2.24) is 0 Å². The van der Waals surface area contributed by atoms with Crippen LogP contribution in [0.4, 0.5) is 0 Å². The molecule has 0 saturated heterocycles. The Bertz CT molecular complexity index is 279. The third-order valence-corrected chi connectivity index (χ3v) is 1.55. The van der Waals surface area contributed by atoms with Gasteiger partial charge in [-0.2, -0.15) is 24.4 Å². The standard InChI is InChI=1S/C9H7.C2H5.Zr/c1-2-5-9-7-3-6-8(9)4-1;1-2;/h1-7H;1H2,2H3;/q2*-1;+2. The second-order valence-electron chi connectivity index (χ2n) is 2.15. The Balaban J connectivity index is 0.000000378. The Labute approximate surface area is 93.1 Å². The topological polar surface area (TPSA) is 0 Å². The van der Waals surface area contributed by atoms with Gasteiger partial charge in [0, 0.05) is 0 Å². The first kappa shape index (κ1) is 11.7. The molecule has 0 aliphatic heterocycles. The summed E-state index contributed by atoms with van der Waals surface area (Å²) < 4.78 is 0. The average molecular weight is 235 g/mol. The quantitative estimate of drug-likeness (QED) is 0.614. The molecule has 0 radical (unpaired) electrons. The fourth-order valence-corrected chi connectivity index (χ4v) is 1.07. The third kappa shape index (κ3) is 2.64. The van der Waals surface area contributed by atoms with Crippen molar-refractivity contribution < 1.29 is 26.2 Å². The van der Waals surface area contributed by atoms with E-state index < -0.39 is 0 Å². The van der Waals surface area contributed by atoms with Gasteiger partial charge in [-0.15, -0.1) is 29.7 Å². The summed E-state index contributed by atoms with van der Waals surface area (Å²) in [5, 5.41) is 2.66. The summed E-state index contributed by atoms with van der Waals surface area (Å²) in [6.07, 6.45) is 0. The van der Waals surface area contributed by atoms with Gasteiger partial charge in [0.05, 0.1) is 0 Å². The molecule has 0 spiro atoms. The number of rotatable bonds is 0. The van der Waals surface area contributed by atoms with Crippen LogP contribution in [0.5, 0.6) is 0 Å². The molecule has 0 aliphatic carbocycles. The van der Waals surface area contributed by atoms with E-state index in [1.54, 1.807) is 6.92 Å². The SMILES string of the molecule is [CH2-]C.[Zr+2].c1ccc2[cH-]ccc2c1. The summed E-state index contributed by atoms with van der Waals surface area (Å²) in [7, 11) is 0. The zero-order valence-corrected chi connectivity index (χ0v) is 9.71. The van der Waals surface area contributed by atoms with Crippen LogP contribution in [-0.2, 0) is 26.2 Å². The second kappa shape index (κ2) is 6.25. The van der Waals surface area contributed by atoms with Crippen molar-refractivity contribution >= 4 is 10.8 Å². The molecule has 2 aromatic carbocycles. The van der Waals surface area contributed by atoms with Crippen LogP contribution in [0, 0.1) is 6.92 Å². The molecule has 0 unspecified atom stereocenters. The smallest absolute Gasteiger partial charge is 0.346 e. The largest absolute Gasteiger partial charge is 2.00 e. The van der Waals surface area contributed by atoms with Crippen LogP contribution in [0.2, 0.25) is 0 Å². The van der Waals surface area contributed by atoms with Gasteiger partial charge in [-0.05, 0) is 0 Å². The maximum Gasteiger partial charge on any atom is 2.00 e. The predicted octanol–water partition coefficient (Wildman–Crippen LogP) is 3.40. The van der Waals surface area contributed by atoms with E-state index in [9.17, 15) is 0 Å². The number of hydrogen-bond donors (Lipinski definition) is 0. The van der Waals surface area contributed by atoms with Gasteiger partial charge in [-0.3, -0.25) is 0 Å². The van der Waals surface area contributed by atoms with Crippen LogP contribution in [0.25, 0.3) is 10.8 Å². The minimum absolute atomic E-state index is 0. The van der Waals surface area contributed by atoms with Crippen molar-refractivity contribution in [2.45, 2.75) is 6.92 Å². The fourth-order valence-electron chi connectivity index (χ4n) is 1.07. The molecule has 0 atom stereocenters. The average Bonchev–Trinajstić information content (AvgIpc) is 2.55. The van der Waals surface area contributed by atoms with E-state index in [4.69, 9.17) is 0 Å². The molecule has 0 bridgehead atoms. The molecule has 0 nitrogen and oxygen atoms in total. The number of hydrogen-bond acceptors (Lipinski definition) is 0. The summed E-state index contributed by atoms with van der Waals surface area (Å²) in [5.74, 6) is 0. The minimum atomic E-state index is 0. The molecule has 0 N–H and O–H groups in total. The van der Waals surface area contributed by atoms with Crippen LogP contribution in [0.3, 0.4) is 0 Å². The molecule has 0 amide bonds. The Morgan fingerprint density at radius 2 is 1.75 bits per heavy atom. The van der Waals surface area contributed by atoms with E-state index in [1.165, 1.54) is 10.8 Å². The molecule has 1 heteroatoms. The zero-order chi connectivity index (χ0) is 8.10. The van der Waals surface area contributed by atoms with Gasteiger partial charge in [-0.1, -0.05) is 6.07 Å². The molecular formula is C11H12Zr. The van der Waals surface area contributed by atoms with Crippen LogP contribution in [0.1, 0.15) is 6.92 Å². The summed E-state index contributed by atoms with van der Waals surface area (Å²) >= 11 is 0. The zero-order valence-electron chi connectivity index (χ0n) is 7.25. The van der Waals surface area contributed by atoms with Gasteiger partial charge in [0.1, 0.15) is 0 Å². The summed E-state index contributed by atoms with van der Waals surface area (Å²) in [5.41, 5.74) is 0. The summed E-state index contributed by atoms with van der Waals surface area (Å²) in [6, 6.07) is 14.7. The molecule has 2 rings (SSSR count). The van der Waals surface area contributed by atoms with E-state index >= 15 is 0 Å². The van der Waals surface area contributed by atoms with Gasteiger partial charge in [-0.25, -0.2) is 0 Å². The first-order chi connectivity index (χ1) is 5.47. The second-order valence-corrected chi connectivity index (χ2v) is 2.15. The van der Waals surface area contributed by atoms with Crippen molar-refractivity contribution in [1.29, 1.82) is 0 Å². The monoisotopic (exact) mass is 234 g/mol. The van der Waals surface area contributed by atoms with Crippen molar-refractivity contribution in [2.24, 2.45) is 0 Å². The van der Waals surface area contributed by atoms with Gasteiger partial charge >= 0.3 is 26.2 Å². The molecule has 12 heavy (non-hydrogen) atoms. The molecule has 0 heterocycles. The maximum absolute atomic E-state index is 3.25. The van der Waals surface area contributed by atoms with Gasteiger partial charge in [0.25, 0.3) is 0 Å². The Kier molecular flexibility index (Phi) is 6.10. The number of fused-ring (bicyclic) bond motifs is 1. The molecule has 0 saturated carbocycles. The Hall–Kier alpha value is -0.287. The Morgan fingerprint density at radius 3 is 2.42 bits per heavy atom. The maximum atomic E-state index is 3.25. The first-order valence-corrected chi connectivity index (χ1v) is 3.78. The van der Waals surface area contributed by atoms with Gasteiger partial charge in [0.2, 0.25) is 0 Å². The van der Waals surface area contributed by atoms with Crippen molar-refractivity contribution in [3.05, 3.63) is 49.4 Å². The Morgan fingerprint density at radius 1 is 1.08 bits per heavy atom. The van der Waals surface area contributed by atoms with E-state index in [0.29, 0.717) is 0 Å². The first-order valence-electron chi connectivity index (χ1n) is 3.78. The van der Waals surface area contributed by atoms with Crippen LogP contribution >= 0.6 is 0 Å². The summed E-state index contributed by atoms with van der Waals surface area (Å²) in [4.78, 5) is 0. The molecule has 0 aromatic heterocycles. The van der Waals surface area contributed by atoms with Crippen LogP contribution < -0.4 is 0 Å². The van der Waals surface area contributed by atoms with E-state index in [0.717, 1.165) is 0 Å². The molecule has 60 valence electrons. The minimum Gasteiger partial charge on any atom is -0.346 e. The van der Waals surface area contributed by atoms with E-state index in [-0.39, 0.29) is 26.2 Å². The van der Waals surface area contributed by atoms with Gasteiger partial charge in [0.15, 0.2) is 0 Å². The van der Waals surface area contributed by atoms with Crippen molar-refractivity contribution in [3.63, 3.8) is 0 Å². The molecule has 0 fully saturated rings. The summed E-state index contributed by atoms with van der Waals surface area (Å²) in [6.45, 7) is 5.00. The van der Waals surface area contributed by atoms with Crippen molar-refractivity contribution in [3.8, 4) is 0 Å². The molecule has 0 aliphatic rings. The van der Waals surface area contributed by atoms with Crippen LogP contribution in [-0.4, -0.2) is 0 Å². The third-order valence-electron chi connectivity index (χ3n) is 1.55. The van der Waals surface area contributed by atoms with Crippen molar-refractivity contribution in [2.75, 3.05) is 0 Å². The van der Waals surface area contributed by atoms with E-state index in [1.807, 2.05) is 0 Å². The predicted molar refractivity (Wildman–Crippen MR) is 50.6 cm³/mol. The fraction of sp³-hybridized carbons (Fsp3) is 0.0909. The van der Waals surface area contributed by atoms with Crippen LogP contribution in [0.15, 0.2) is 42.5 Å². The van der Waals surface area contributed by atoms with Gasteiger partial charge < -0.3 is 6.92 Å². The number of benzene rings is 1. The molecular weight excluding hydrogens is 223 g/mol. The molecule has 2 aromatic rings. The van der Waals surface area contributed by atoms with E-state index in [2.05, 4.69) is 49.4 Å².